The maximum Gasteiger partial charge on any atom is 0.472 e. The van der Waals surface area contributed by atoms with Crippen molar-refractivity contribution in [2.24, 2.45) is 34.8 Å². The van der Waals surface area contributed by atoms with Gasteiger partial charge in [-0.3, -0.25) is 0 Å². The van der Waals surface area contributed by atoms with Crippen molar-refractivity contribution in [3.05, 3.63) is 0 Å². The van der Waals surface area contributed by atoms with Crippen molar-refractivity contribution in [1.82, 2.24) is 0 Å². The molecule has 5 rings (SSSR count). The van der Waals surface area contributed by atoms with Crippen LogP contribution in [0.15, 0.2) is 0 Å². The zero-order chi connectivity index (χ0) is 10.00. The Morgan fingerprint density at radius 1 is 1.33 bits per heavy atom. The van der Waals surface area contributed by atoms with E-state index in [0.29, 0.717) is 18.0 Å². The third-order valence-corrected chi connectivity index (χ3v) is 6.40. The maximum atomic E-state index is 6.10. The molecular formula is C11H16BNO2. The third-order valence-electron chi connectivity index (χ3n) is 6.40. The Labute approximate surface area is 89.8 Å². The zero-order valence-electron chi connectivity index (χ0n) is 8.98. The Morgan fingerprint density at radius 2 is 2.13 bits per heavy atom. The molecule has 1 spiro atoms. The molecule has 4 saturated carbocycles. The molecule has 5 aliphatic rings. The van der Waals surface area contributed by atoms with Gasteiger partial charge in [-0.15, -0.1) is 0 Å². The molecule has 1 heterocycles. The van der Waals surface area contributed by atoms with Crippen LogP contribution in [0.2, 0.25) is 0 Å². The molecule has 0 aromatic rings. The number of rotatable bonds is 1. The highest BCUT2D eigenvalue weighted by Gasteiger charge is 2.93. The summed E-state index contributed by atoms with van der Waals surface area (Å²) in [6.07, 6.45) is 3.67. The van der Waals surface area contributed by atoms with Gasteiger partial charge in [0.15, 0.2) is 0 Å². The lowest BCUT2D eigenvalue weighted by Crippen LogP contribution is -2.45. The first-order valence-electron chi connectivity index (χ1n) is 6.26. The first-order chi connectivity index (χ1) is 7.23. The average molecular weight is 205 g/mol. The van der Waals surface area contributed by atoms with Crippen molar-refractivity contribution < 1.29 is 9.31 Å². The van der Waals surface area contributed by atoms with Crippen LogP contribution >= 0.6 is 0 Å². The molecule has 3 nitrogen and oxygen atoms in total. The maximum absolute atomic E-state index is 6.10. The molecule has 1 aliphatic heterocycles. The van der Waals surface area contributed by atoms with Crippen LogP contribution in [-0.4, -0.2) is 25.3 Å². The van der Waals surface area contributed by atoms with E-state index in [4.69, 9.17) is 15.0 Å². The fourth-order valence-corrected chi connectivity index (χ4v) is 5.94. The summed E-state index contributed by atoms with van der Waals surface area (Å²) in [6, 6.07) is 0. The Kier molecular flexibility index (Phi) is 1.03. The van der Waals surface area contributed by atoms with E-state index in [0.717, 1.165) is 23.7 Å². The van der Waals surface area contributed by atoms with Gasteiger partial charge in [0.05, 0.1) is 11.7 Å². The summed E-state index contributed by atoms with van der Waals surface area (Å²) in [5, 5.41) is 0. The Balaban J connectivity index is 1.59. The van der Waals surface area contributed by atoms with Gasteiger partial charge in [0, 0.05) is 6.44 Å². The van der Waals surface area contributed by atoms with E-state index in [1.165, 1.54) is 12.8 Å². The third kappa shape index (κ3) is 0.536. The number of fused-ring (bicyclic) bond motifs is 4. The van der Waals surface area contributed by atoms with Crippen LogP contribution in [-0.2, 0) is 9.31 Å². The largest absolute Gasteiger partial charge is 0.472 e. The van der Waals surface area contributed by atoms with Crippen molar-refractivity contribution >= 4 is 7.12 Å². The van der Waals surface area contributed by atoms with E-state index in [9.17, 15) is 0 Å². The summed E-state index contributed by atoms with van der Waals surface area (Å²) >= 11 is 0. The van der Waals surface area contributed by atoms with Gasteiger partial charge in [0.25, 0.3) is 0 Å². The quantitative estimate of drug-likeness (QED) is 0.631. The zero-order valence-corrected chi connectivity index (χ0v) is 8.98. The molecule has 0 amide bonds. The van der Waals surface area contributed by atoms with Crippen LogP contribution < -0.4 is 5.73 Å². The predicted octanol–water partition coefficient (Wildman–Crippen LogP) is 0.432. The van der Waals surface area contributed by atoms with Gasteiger partial charge in [0.1, 0.15) is 0 Å². The Morgan fingerprint density at radius 3 is 2.80 bits per heavy atom. The summed E-state index contributed by atoms with van der Waals surface area (Å²) in [5.74, 6) is 3.71. The SMILES string of the molecule is C[C@@]12OB(CN)OC1C1CC3C4CC2C341. The van der Waals surface area contributed by atoms with Gasteiger partial charge in [0.2, 0.25) is 0 Å². The highest BCUT2D eigenvalue weighted by Crippen LogP contribution is 2.93. The van der Waals surface area contributed by atoms with E-state index in [-0.39, 0.29) is 12.7 Å². The van der Waals surface area contributed by atoms with Crippen molar-refractivity contribution in [2.45, 2.75) is 31.5 Å². The van der Waals surface area contributed by atoms with Gasteiger partial charge >= 0.3 is 7.12 Å². The van der Waals surface area contributed by atoms with E-state index in [1.807, 2.05) is 0 Å². The lowest BCUT2D eigenvalue weighted by molar-refractivity contribution is -0.00965. The smallest absolute Gasteiger partial charge is 0.404 e. The van der Waals surface area contributed by atoms with Gasteiger partial charge in [-0.1, -0.05) is 0 Å². The molecule has 15 heavy (non-hydrogen) atoms. The minimum atomic E-state index is -0.130. The molecule has 0 radical (unpaired) electrons. The van der Waals surface area contributed by atoms with Gasteiger partial charge in [-0.05, 0) is 48.9 Å². The highest BCUT2D eigenvalue weighted by atomic mass is 16.7. The van der Waals surface area contributed by atoms with Crippen LogP contribution in [0, 0.1) is 29.1 Å². The van der Waals surface area contributed by atoms with Crippen LogP contribution in [0.25, 0.3) is 0 Å². The van der Waals surface area contributed by atoms with Gasteiger partial charge < -0.3 is 15.0 Å². The molecule has 4 heteroatoms. The fourth-order valence-electron chi connectivity index (χ4n) is 5.94. The summed E-state index contributed by atoms with van der Waals surface area (Å²) in [5.41, 5.74) is 6.36. The molecule has 5 fully saturated rings. The van der Waals surface area contributed by atoms with Crippen LogP contribution in [0.3, 0.4) is 0 Å². The van der Waals surface area contributed by atoms with Crippen LogP contribution in [0.4, 0.5) is 0 Å². The molecule has 7 atom stereocenters. The number of nitrogens with two attached hydrogens (primary N) is 1. The minimum Gasteiger partial charge on any atom is -0.404 e. The lowest BCUT2D eigenvalue weighted by Gasteiger charge is -2.42. The van der Waals surface area contributed by atoms with Gasteiger partial charge in [-0.2, -0.15) is 0 Å². The fraction of sp³-hybridized carbons (Fsp3) is 1.00. The Hall–Kier alpha value is -0.0551. The van der Waals surface area contributed by atoms with Crippen molar-refractivity contribution in [3.8, 4) is 0 Å². The highest BCUT2D eigenvalue weighted by molar-refractivity contribution is 6.45. The van der Waals surface area contributed by atoms with Gasteiger partial charge in [-0.25, -0.2) is 0 Å². The van der Waals surface area contributed by atoms with Crippen molar-refractivity contribution in [3.63, 3.8) is 0 Å². The lowest BCUT2D eigenvalue weighted by atomic mass is 9.64. The average Bonchev–Trinajstić information content (AvgIpc) is 2.35. The summed E-state index contributed by atoms with van der Waals surface area (Å²) in [6.45, 7) is 2.27. The normalized spacial score (nSPS) is 71.6. The first-order valence-corrected chi connectivity index (χ1v) is 6.26. The molecule has 1 saturated heterocycles. The van der Waals surface area contributed by atoms with Crippen LogP contribution in [0.5, 0.6) is 0 Å². The molecule has 2 N–H and O–H groups in total. The molecule has 0 aromatic carbocycles. The second-order valence-corrected chi connectivity index (χ2v) is 6.37. The minimum absolute atomic E-state index is 0.0104. The molecule has 80 valence electrons. The molecule has 6 unspecified atom stereocenters. The summed E-state index contributed by atoms with van der Waals surface area (Å²) in [7, 11) is -0.130. The van der Waals surface area contributed by atoms with Crippen LogP contribution in [0.1, 0.15) is 19.8 Å². The van der Waals surface area contributed by atoms with E-state index >= 15 is 0 Å². The van der Waals surface area contributed by atoms with Crippen molar-refractivity contribution in [2.75, 3.05) is 6.44 Å². The topological polar surface area (TPSA) is 44.5 Å². The summed E-state index contributed by atoms with van der Waals surface area (Å²) < 4.78 is 12.1. The van der Waals surface area contributed by atoms with E-state index in [1.54, 1.807) is 0 Å². The molecule has 0 bridgehead atoms. The summed E-state index contributed by atoms with van der Waals surface area (Å²) in [4.78, 5) is 0. The molecule has 4 aliphatic carbocycles. The Bertz CT molecular complexity index is 372. The number of hydrogen-bond donors (Lipinski definition) is 1. The predicted molar refractivity (Wildman–Crippen MR) is 54.8 cm³/mol. The first kappa shape index (κ1) is 8.10. The van der Waals surface area contributed by atoms with Crippen molar-refractivity contribution in [1.29, 1.82) is 0 Å². The van der Waals surface area contributed by atoms with E-state index in [2.05, 4.69) is 6.92 Å². The second-order valence-electron chi connectivity index (χ2n) is 6.37. The molecular weight excluding hydrogens is 189 g/mol. The second kappa shape index (κ2) is 1.91. The molecule has 0 aromatic heterocycles. The number of hydrogen-bond acceptors (Lipinski definition) is 3. The monoisotopic (exact) mass is 205 g/mol. The standard InChI is InChI=1S/C11H16BNO2/c1-10-8-3-6-5-2-7(11(5,6)8)9(10)14-12(4-13)15-10/h5-9H,2-4,13H2,1H3/t5?,6?,7?,8?,9?,10-,11?/m0/s1. The van der Waals surface area contributed by atoms with E-state index < -0.39 is 0 Å².